The van der Waals surface area contributed by atoms with Gasteiger partial charge in [-0.15, -0.1) is 0 Å². The number of nitrogens with one attached hydrogen (secondary N) is 1. The highest BCUT2D eigenvalue weighted by atomic mass is 16.5. The summed E-state index contributed by atoms with van der Waals surface area (Å²) in [5, 5.41) is 7.29. The standard InChI is InChI=1S/C19H26N4O2/c1-15(2)13-22-10-11-25-17(14-22)12-20-19(24)18-8-9-23(21-18)16-6-4-3-5-7-16/h3-9,15,17H,10-14H2,1-2H3,(H,20,24)/t17-/m1/s1. The number of nitrogens with zero attached hydrogens (tertiary/aromatic N) is 3. The molecule has 1 aromatic carbocycles. The van der Waals surface area contributed by atoms with E-state index in [0.717, 1.165) is 31.9 Å². The third kappa shape index (κ3) is 4.90. The smallest absolute Gasteiger partial charge is 0.271 e. The van der Waals surface area contributed by atoms with Gasteiger partial charge in [0, 0.05) is 32.4 Å². The number of benzene rings is 1. The van der Waals surface area contributed by atoms with Crippen molar-refractivity contribution in [3.8, 4) is 5.69 Å². The predicted molar refractivity (Wildman–Crippen MR) is 96.9 cm³/mol. The minimum Gasteiger partial charge on any atom is -0.374 e. The number of ether oxygens (including phenoxy) is 1. The lowest BCUT2D eigenvalue weighted by molar-refractivity contribution is -0.0295. The lowest BCUT2D eigenvalue weighted by Crippen LogP contribution is -2.48. The summed E-state index contributed by atoms with van der Waals surface area (Å²) in [4.78, 5) is 14.7. The highest BCUT2D eigenvalue weighted by molar-refractivity contribution is 5.92. The number of amides is 1. The van der Waals surface area contributed by atoms with Gasteiger partial charge in [-0.25, -0.2) is 4.68 Å². The van der Waals surface area contributed by atoms with Crippen LogP contribution in [0.4, 0.5) is 0 Å². The van der Waals surface area contributed by atoms with Crippen molar-refractivity contribution in [2.75, 3.05) is 32.8 Å². The fraction of sp³-hybridized carbons (Fsp3) is 0.474. The third-order valence-electron chi connectivity index (χ3n) is 4.18. The number of rotatable bonds is 6. The van der Waals surface area contributed by atoms with Crippen LogP contribution in [0.15, 0.2) is 42.6 Å². The van der Waals surface area contributed by atoms with E-state index in [-0.39, 0.29) is 12.0 Å². The van der Waals surface area contributed by atoms with Crippen LogP contribution in [-0.4, -0.2) is 59.5 Å². The molecule has 134 valence electrons. The molecule has 0 saturated carbocycles. The Labute approximate surface area is 148 Å². The van der Waals surface area contributed by atoms with Gasteiger partial charge < -0.3 is 10.1 Å². The Balaban J connectivity index is 1.52. The van der Waals surface area contributed by atoms with Gasteiger partial charge in [-0.05, 0) is 24.1 Å². The molecular formula is C19H26N4O2. The number of carbonyl (C=O) groups is 1. The van der Waals surface area contributed by atoms with E-state index in [1.807, 2.05) is 30.3 Å². The van der Waals surface area contributed by atoms with E-state index in [2.05, 4.69) is 29.2 Å². The maximum atomic E-state index is 12.3. The van der Waals surface area contributed by atoms with Gasteiger partial charge >= 0.3 is 0 Å². The Kier molecular flexibility index (Phi) is 5.83. The molecule has 25 heavy (non-hydrogen) atoms. The molecule has 1 amide bonds. The molecule has 1 aromatic heterocycles. The Hall–Kier alpha value is -2.18. The molecule has 1 fully saturated rings. The molecule has 2 aromatic rings. The maximum absolute atomic E-state index is 12.3. The molecule has 3 rings (SSSR count). The molecule has 1 atom stereocenters. The third-order valence-corrected chi connectivity index (χ3v) is 4.18. The van der Waals surface area contributed by atoms with Crippen LogP contribution < -0.4 is 5.32 Å². The first-order chi connectivity index (χ1) is 12.1. The second-order valence-corrected chi connectivity index (χ2v) is 6.84. The first-order valence-electron chi connectivity index (χ1n) is 8.85. The lowest BCUT2D eigenvalue weighted by Gasteiger charge is -2.33. The molecule has 0 spiro atoms. The van der Waals surface area contributed by atoms with E-state index in [0.29, 0.717) is 18.2 Å². The molecule has 1 saturated heterocycles. The zero-order valence-electron chi connectivity index (χ0n) is 14.9. The van der Waals surface area contributed by atoms with Crippen LogP contribution >= 0.6 is 0 Å². The molecule has 1 aliphatic heterocycles. The predicted octanol–water partition coefficient (Wildman–Crippen LogP) is 1.96. The van der Waals surface area contributed by atoms with E-state index < -0.39 is 0 Å². The second-order valence-electron chi connectivity index (χ2n) is 6.84. The second kappa shape index (κ2) is 8.27. The van der Waals surface area contributed by atoms with Crippen molar-refractivity contribution in [1.82, 2.24) is 20.0 Å². The highest BCUT2D eigenvalue weighted by Gasteiger charge is 2.22. The number of hydrogen-bond acceptors (Lipinski definition) is 4. The summed E-state index contributed by atoms with van der Waals surface area (Å²) >= 11 is 0. The summed E-state index contributed by atoms with van der Waals surface area (Å²) in [5.74, 6) is 0.467. The molecular weight excluding hydrogens is 316 g/mol. The SMILES string of the molecule is CC(C)CN1CCO[C@H](CNC(=O)c2ccn(-c3ccccc3)n2)C1. The molecule has 6 heteroatoms. The van der Waals surface area contributed by atoms with Gasteiger partial charge in [0.2, 0.25) is 0 Å². The molecule has 2 heterocycles. The van der Waals surface area contributed by atoms with Crippen LogP contribution in [0.3, 0.4) is 0 Å². The zero-order chi connectivity index (χ0) is 17.6. The summed E-state index contributed by atoms with van der Waals surface area (Å²) in [5.41, 5.74) is 1.35. The number of para-hydroxylation sites is 1. The highest BCUT2D eigenvalue weighted by Crippen LogP contribution is 2.09. The summed E-state index contributed by atoms with van der Waals surface area (Å²) < 4.78 is 7.47. The average molecular weight is 342 g/mol. The van der Waals surface area contributed by atoms with Gasteiger partial charge in [0.15, 0.2) is 5.69 Å². The van der Waals surface area contributed by atoms with Crippen molar-refractivity contribution >= 4 is 5.91 Å². The maximum Gasteiger partial charge on any atom is 0.271 e. The Morgan fingerprint density at radius 2 is 2.12 bits per heavy atom. The fourth-order valence-corrected chi connectivity index (χ4v) is 3.05. The van der Waals surface area contributed by atoms with Gasteiger partial charge in [-0.2, -0.15) is 5.10 Å². The zero-order valence-corrected chi connectivity index (χ0v) is 14.9. The van der Waals surface area contributed by atoms with Gasteiger partial charge in [0.25, 0.3) is 5.91 Å². The van der Waals surface area contributed by atoms with Crippen LogP contribution in [0, 0.1) is 5.92 Å². The largest absolute Gasteiger partial charge is 0.374 e. The first-order valence-corrected chi connectivity index (χ1v) is 8.85. The minimum atomic E-state index is -0.167. The van der Waals surface area contributed by atoms with Gasteiger partial charge in [0.1, 0.15) is 0 Å². The van der Waals surface area contributed by atoms with Crippen molar-refractivity contribution in [3.63, 3.8) is 0 Å². The molecule has 0 aliphatic carbocycles. The number of carbonyl (C=O) groups excluding carboxylic acids is 1. The number of hydrogen-bond donors (Lipinski definition) is 1. The first kappa shape index (κ1) is 17.6. The van der Waals surface area contributed by atoms with Crippen molar-refractivity contribution in [1.29, 1.82) is 0 Å². The minimum absolute atomic E-state index is 0.0349. The quantitative estimate of drug-likeness (QED) is 0.872. The average Bonchev–Trinajstić information content (AvgIpc) is 3.10. The van der Waals surface area contributed by atoms with Crippen molar-refractivity contribution in [3.05, 3.63) is 48.3 Å². The Bertz CT molecular complexity index is 684. The van der Waals surface area contributed by atoms with Crippen molar-refractivity contribution in [2.24, 2.45) is 5.92 Å². The molecule has 6 nitrogen and oxygen atoms in total. The molecule has 0 unspecified atom stereocenters. The van der Waals surface area contributed by atoms with Crippen molar-refractivity contribution in [2.45, 2.75) is 20.0 Å². The normalized spacial score (nSPS) is 18.4. The van der Waals surface area contributed by atoms with Crippen LogP contribution in [0.5, 0.6) is 0 Å². The van der Waals surface area contributed by atoms with E-state index in [4.69, 9.17) is 4.74 Å². The molecule has 0 bridgehead atoms. The van der Waals surface area contributed by atoms with Crippen LogP contribution in [0.2, 0.25) is 0 Å². The Morgan fingerprint density at radius 3 is 2.88 bits per heavy atom. The van der Waals surface area contributed by atoms with Gasteiger partial charge in [-0.1, -0.05) is 32.0 Å². The Morgan fingerprint density at radius 1 is 1.32 bits per heavy atom. The summed E-state index contributed by atoms with van der Waals surface area (Å²) in [6, 6.07) is 11.5. The monoisotopic (exact) mass is 342 g/mol. The molecule has 0 radical (unpaired) electrons. The summed E-state index contributed by atoms with van der Waals surface area (Å²) in [7, 11) is 0. The van der Waals surface area contributed by atoms with Gasteiger partial charge in [-0.3, -0.25) is 9.69 Å². The van der Waals surface area contributed by atoms with E-state index >= 15 is 0 Å². The van der Waals surface area contributed by atoms with E-state index in [1.165, 1.54) is 0 Å². The van der Waals surface area contributed by atoms with Crippen LogP contribution in [-0.2, 0) is 4.74 Å². The van der Waals surface area contributed by atoms with Gasteiger partial charge in [0.05, 0.1) is 18.4 Å². The molecule has 1 N–H and O–H groups in total. The number of morpholine rings is 1. The fourth-order valence-electron chi connectivity index (χ4n) is 3.05. The summed E-state index contributed by atoms with van der Waals surface area (Å²) in [6.45, 7) is 8.54. The topological polar surface area (TPSA) is 59.4 Å². The lowest BCUT2D eigenvalue weighted by atomic mass is 10.2. The number of aromatic nitrogens is 2. The van der Waals surface area contributed by atoms with Crippen molar-refractivity contribution < 1.29 is 9.53 Å². The van der Waals surface area contributed by atoms with Crippen LogP contribution in [0.1, 0.15) is 24.3 Å². The van der Waals surface area contributed by atoms with E-state index in [1.54, 1.807) is 16.9 Å². The molecule has 1 aliphatic rings. The van der Waals surface area contributed by atoms with E-state index in [9.17, 15) is 4.79 Å². The summed E-state index contributed by atoms with van der Waals surface area (Å²) in [6.07, 6.45) is 1.83. The van der Waals surface area contributed by atoms with Crippen LogP contribution in [0.25, 0.3) is 5.69 Å².